The van der Waals surface area contributed by atoms with Gasteiger partial charge in [0.05, 0.1) is 6.42 Å². The van der Waals surface area contributed by atoms with Gasteiger partial charge in [0.15, 0.2) is 0 Å². The van der Waals surface area contributed by atoms with E-state index in [4.69, 9.17) is 0 Å². The number of likely N-dealkylation sites (N-methyl/N-ethyl adjacent to an activating group) is 1. The Morgan fingerprint density at radius 2 is 1.76 bits per heavy atom. The van der Waals surface area contributed by atoms with Gasteiger partial charge >= 0.3 is 5.97 Å². The Hall–Kier alpha value is -1.43. The summed E-state index contributed by atoms with van der Waals surface area (Å²) in [5, 5.41) is 9.20. The summed E-state index contributed by atoms with van der Waals surface area (Å²) in [6.45, 7) is 0.917. The maximum Gasteiger partial charge on any atom is 0.305 e. The third-order valence-corrected chi connectivity index (χ3v) is 4.89. The fraction of sp³-hybridized carbons (Fsp3) is 0.800. The van der Waals surface area contributed by atoms with Crippen molar-refractivity contribution >= 4 is 17.8 Å². The van der Waals surface area contributed by atoms with Crippen LogP contribution in [-0.4, -0.2) is 58.4 Å². The van der Waals surface area contributed by atoms with Gasteiger partial charge in [0.1, 0.15) is 0 Å². The predicted molar refractivity (Wildman–Crippen MR) is 76.7 cm³/mol. The number of hydrogen-bond acceptors (Lipinski definition) is 4. The smallest absolute Gasteiger partial charge is 0.305 e. The Balaban J connectivity index is 1.98. The van der Waals surface area contributed by atoms with Gasteiger partial charge in [-0.25, -0.2) is 0 Å². The number of carboxylic acids is 1. The van der Waals surface area contributed by atoms with Gasteiger partial charge < -0.3 is 5.11 Å². The van der Waals surface area contributed by atoms with Crippen LogP contribution in [0.2, 0.25) is 0 Å². The van der Waals surface area contributed by atoms with Gasteiger partial charge in [-0.15, -0.1) is 0 Å². The normalized spacial score (nSPS) is 22.1. The minimum absolute atomic E-state index is 0.107. The SMILES string of the molecule is CN(CCN1C(=O)CCC1=O)C1(CC(=O)O)CCCCC1. The largest absolute Gasteiger partial charge is 0.481 e. The number of imide groups is 1. The van der Waals surface area contributed by atoms with Gasteiger partial charge in [-0.05, 0) is 19.9 Å². The molecule has 0 unspecified atom stereocenters. The Morgan fingerprint density at radius 1 is 1.19 bits per heavy atom. The molecule has 1 aliphatic heterocycles. The summed E-state index contributed by atoms with van der Waals surface area (Å²) in [4.78, 5) is 37.8. The van der Waals surface area contributed by atoms with E-state index >= 15 is 0 Å². The van der Waals surface area contributed by atoms with E-state index in [0.29, 0.717) is 25.9 Å². The highest BCUT2D eigenvalue weighted by atomic mass is 16.4. The molecular weight excluding hydrogens is 272 g/mol. The second-order valence-electron chi connectivity index (χ2n) is 6.22. The van der Waals surface area contributed by atoms with Crippen LogP contribution >= 0.6 is 0 Å². The molecule has 0 aromatic heterocycles. The number of likely N-dealkylation sites (tertiary alicyclic amines) is 1. The number of aliphatic carboxylic acids is 1. The van der Waals surface area contributed by atoms with Crippen LogP contribution < -0.4 is 0 Å². The number of carboxylic acid groups (broad SMARTS) is 1. The van der Waals surface area contributed by atoms with E-state index in [1.165, 1.54) is 4.90 Å². The number of amides is 2. The zero-order valence-corrected chi connectivity index (χ0v) is 12.6. The summed E-state index contributed by atoms with van der Waals surface area (Å²) in [6.07, 6.45) is 5.73. The molecule has 6 nitrogen and oxygen atoms in total. The lowest BCUT2D eigenvalue weighted by atomic mass is 9.78. The number of carbonyl (C=O) groups excluding carboxylic acids is 2. The van der Waals surface area contributed by atoms with E-state index in [-0.39, 0.29) is 23.8 Å². The minimum Gasteiger partial charge on any atom is -0.481 e. The van der Waals surface area contributed by atoms with Crippen molar-refractivity contribution in [2.75, 3.05) is 20.1 Å². The molecule has 2 amide bonds. The molecule has 2 rings (SSSR count). The zero-order chi connectivity index (χ0) is 15.5. The van der Waals surface area contributed by atoms with Gasteiger partial charge in [0.2, 0.25) is 11.8 Å². The molecule has 1 saturated carbocycles. The van der Waals surface area contributed by atoms with Crippen LogP contribution in [-0.2, 0) is 14.4 Å². The summed E-state index contributed by atoms with van der Waals surface area (Å²) < 4.78 is 0. The van der Waals surface area contributed by atoms with Crippen molar-refractivity contribution < 1.29 is 19.5 Å². The van der Waals surface area contributed by atoms with Crippen LogP contribution in [0.5, 0.6) is 0 Å². The molecule has 1 aliphatic carbocycles. The van der Waals surface area contributed by atoms with Crippen LogP contribution in [0, 0.1) is 0 Å². The fourth-order valence-electron chi connectivity index (χ4n) is 3.54. The van der Waals surface area contributed by atoms with E-state index in [1.807, 2.05) is 7.05 Å². The van der Waals surface area contributed by atoms with Crippen molar-refractivity contribution in [3.8, 4) is 0 Å². The Bertz CT molecular complexity index is 413. The number of rotatable bonds is 6. The Labute approximate surface area is 125 Å². The van der Waals surface area contributed by atoms with Gasteiger partial charge in [-0.1, -0.05) is 19.3 Å². The summed E-state index contributed by atoms with van der Waals surface area (Å²) in [7, 11) is 1.92. The second kappa shape index (κ2) is 6.56. The predicted octanol–water partition coefficient (Wildman–Crippen LogP) is 1.24. The topological polar surface area (TPSA) is 77.9 Å². The standard InChI is InChI=1S/C15H24N2O4/c1-16(9-10-17-12(18)5-6-13(17)19)15(11-14(20)21)7-3-2-4-8-15/h2-11H2,1H3,(H,20,21). The molecule has 2 fully saturated rings. The lowest BCUT2D eigenvalue weighted by molar-refractivity contribution is -0.143. The van der Waals surface area contributed by atoms with E-state index < -0.39 is 5.97 Å². The van der Waals surface area contributed by atoms with Crippen molar-refractivity contribution in [3.05, 3.63) is 0 Å². The minimum atomic E-state index is -0.780. The third kappa shape index (κ3) is 3.61. The van der Waals surface area contributed by atoms with E-state index in [9.17, 15) is 19.5 Å². The highest BCUT2D eigenvalue weighted by molar-refractivity contribution is 6.01. The molecule has 0 bridgehead atoms. The van der Waals surface area contributed by atoms with Crippen LogP contribution in [0.4, 0.5) is 0 Å². The zero-order valence-electron chi connectivity index (χ0n) is 12.6. The summed E-state index contributed by atoms with van der Waals surface area (Å²) in [5.74, 6) is -0.995. The highest BCUT2D eigenvalue weighted by Crippen LogP contribution is 2.35. The molecule has 2 aliphatic rings. The average molecular weight is 296 g/mol. The number of carbonyl (C=O) groups is 3. The van der Waals surface area contributed by atoms with E-state index in [0.717, 1.165) is 32.1 Å². The van der Waals surface area contributed by atoms with Crippen LogP contribution in [0.25, 0.3) is 0 Å². The van der Waals surface area contributed by atoms with Crippen molar-refractivity contribution in [2.45, 2.75) is 56.9 Å². The maximum absolute atomic E-state index is 11.6. The van der Waals surface area contributed by atoms with Crippen LogP contribution in [0.15, 0.2) is 0 Å². The van der Waals surface area contributed by atoms with Gasteiger partial charge in [-0.2, -0.15) is 0 Å². The summed E-state index contributed by atoms with van der Waals surface area (Å²) in [5.41, 5.74) is -0.324. The molecular formula is C15H24N2O4. The lowest BCUT2D eigenvalue weighted by Crippen LogP contribution is -2.52. The molecule has 0 aromatic rings. The quantitative estimate of drug-likeness (QED) is 0.746. The fourth-order valence-corrected chi connectivity index (χ4v) is 3.54. The monoisotopic (exact) mass is 296 g/mol. The van der Waals surface area contributed by atoms with E-state index in [1.54, 1.807) is 0 Å². The molecule has 6 heteroatoms. The van der Waals surface area contributed by atoms with Gasteiger partial charge in [-0.3, -0.25) is 24.2 Å². The van der Waals surface area contributed by atoms with Crippen molar-refractivity contribution in [3.63, 3.8) is 0 Å². The third-order valence-electron chi connectivity index (χ3n) is 4.89. The first-order valence-electron chi connectivity index (χ1n) is 7.71. The Kier molecular flexibility index (Phi) is 4.98. The summed E-state index contributed by atoms with van der Waals surface area (Å²) in [6, 6.07) is 0. The molecule has 0 aromatic carbocycles. The first-order valence-corrected chi connectivity index (χ1v) is 7.71. The molecule has 118 valence electrons. The van der Waals surface area contributed by atoms with Gasteiger partial charge in [0, 0.05) is 31.5 Å². The van der Waals surface area contributed by atoms with Crippen molar-refractivity contribution in [1.82, 2.24) is 9.80 Å². The number of nitrogens with zero attached hydrogens (tertiary/aromatic N) is 2. The molecule has 1 saturated heterocycles. The van der Waals surface area contributed by atoms with Crippen molar-refractivity contribution in [2.24, 2.45) is 0 Å². The number of hydrogen-bond donors (Lipinski definition) is 1. The summed E-state index contributed by atoms with van der Waals surface area (Å²) >= 11 is 0. The average Bonchev–Trinajstić information content (AvgIpc) is 2.75. The maximum atomic E-state index is 11.6. The Morgan fingerprint density at radius 3 is 2.29 bits per heavy atom. The van der Waals surface area contributed by atoms with Crippen LogP contribution in [0.1, 0.15) is 51.4 Å². The molecule has 0 radical (unpaired) electrons. The second-order valence-corrected chi connectivity index (χ2v) is 6.22. The molecule has 1 heterocycles. The molecule has 21 heavy (non-hydrogen) atoms. The lowest BCUT2D eigenvalue weighted by Gasteiger charge is -2.44. The molecule has 0 atom stereocenters. The first kappa shape index (κ1) is 15.9. The molecule has 0 spiro atoms. The van der Waals surface area contributed by atoms with Crippen molar-refractivity contribution in [1.29, 1.82) is 0 Å². The van der Waals surface area contributed by atoms with E-state index in [2.05, 4.69) is 4.90 Å². The van der Waals surface area contributed by atoms with Gasteiger partial charge in [0.25, 0.3) is 0 Å². The highest BCUT2D eigenvalue weighted by Gasteiger charge is 2.38. The molecule has 1 N–H and O–H groups in total. The first-order chi connectivity index (χ1) is 9.94. The van der Waals surface area contributed by atoms with Crippen LogP contribution in [0.3, 0.4) is 0 Å².